The summed E-state index contributed by atoms with van der Waals surface area (Å²) in [6.45, 7) is 8.29. The standard InChI is InChI=1S/C20H28N2O4/c1-20(2,22-9-11-26-12-10-22)19(25)21-8-4-7-17(14-21)15-5-3-6-16(13-15)18(23)24/h3,5-6,13,17H,4,7-12,14H2,1-2H3,(H,23,24)/t17-/m0/s1. The van der Waals surface area contributed by atoms with E-state index in [1.807, 2.05) is 24.8 Å². The van der Waals surface area contributed by atoms with Crippen LogP contribution in [0.4, 0.5) is 0 Å². The van der Waals surface area contributed by atoms with Gasteiger partial charge < -0.3 is 14.7 Å². The molecule has 1 N–H and O–H groups in total. The number of amides is 1. The molecule has 2 aliphatic rings. The van der Waals surface area contributed by atoms with Gasteiger partial charge in [-0.3, -0.25) is 9.69 Å². The molecule has 3 rings (SSSR count). The topological polar surface area (TPSA) is 70.1 Å². The quantitative estimate of drug-likeness (QED) is 0.891. The van der Waals surface area contributed by atoms with Crippen LogP contribution in [-0.4, -0.2) is 71.7 Å². The maximum Gasteiger partial charge on any atom is 0.335 e. The van der Waals surface area contributed by atoms with Crippen LogP contribution in [0.3, 0.4) is 0 Å². The fourth-order valence-corrected chi connectivity index (χ4v) is 4.00. The molecule has 0 radical (unpaired) electrons. The normalized spacial score (nSPS) is 22.2. The molecular formula is C20H28N2O4. The Kier molecular flexibility index (Phi) is 5.63. The van der Waals surface area contributed by atoms with Crippen molar-refractivity contribution in [3.8, 4) is 0 Å². The molecule has 0 saturated carbocycles. The molecule has 1 atom stereocenters. The van der Waals surface area contributed by atoms with Gasteiger partial charge in [-0.05, 0) is 44.4 Å². The van der Waals surface area contributed by atoms with Crippen LogP contribution < -0.4 is 0 Å². The lowest BCUT2D eigenvalue weighted by molar-refractivity contribution is -0.146. The Labute approximate surface area is 154 Å². The van der Waals surface area contributed by atoms with Crippen LogP contribution in [0.1, 0.15) is 48.5 Å². The number of benzene rings is 1. The van der Waals surface area contributed by atoms with E-state index in [1.54, 1.807) is 18.2 Å². The lowest BCUT2D eigenvalue weighted by Crippen LogP contribution is -2.60. The van der Waals surface area contributed by atoms with Crippen molar-refractivity contribution in [2.45, 2.75) is 38.1 Å². The average Bonchev–Trinajstić information content (AvgIpc) is 2.68. The van der Waals surface area contributed by atoms with Gasteiger partial charge in [0.25, 0.3) is 0 Å². The summed E-state index contributed by atoms with van der Waals surface area (Å²) in [6.07, 6.45) is 1.91. The largest absolute Gasteiger partial charge is 0.478 e. The number of piperidine rings is 1. The van der Waals surface area contributed by atoms with Gasteiger partial charge in [0, 0.05) is 32.1 Å². The predicted octanol–water partition coefficient (Wildman–Crippen LogP) is 2.20. The van der Waals surface area contributed by atoms with Crippen LogP contribution in [0.15, 0.2) is 24.3 Å². The van der Waals surface area contributed by atoms with E-state index >= 15 is 0 Å². The Morgan fingerprint density at radius 2 is 1.92 bits per heavy atom. The Hall–Kier alpha value is -1.92. The first-order valence-electron chi connectivity index (χ1n) is 9.35. The average molecular weight is 360 g/mol. The van der Waals surface area contributed by atoms with Crippen molar-refractivity contribution in [2.75, 3.05) is 39.4 Å². The molecule has 6 heteroatoms. The SMILES string of the molecule is CC(C)(C(=O)N1CCC[C@H](c2cccc(C(=O)O)c2)C1)N1CCOCC1. The zero-order chi connectivity index (χ0) is 18.7. The number of likely N-dealkylation sites (tertiary alicyclic amines) is 1. The number of carboxylic acids is 1. The fraction of sp³-hybridized carbons (Fsp3) is 0.600. The first-order valence-corrected chi connectivity index (χ1v) is 9.35. The maximum atomic E-state index is 13.2. The van der Waals surface area contributed by atoms with Gasteiger partial charge >= 0.3 is 5.97 Å². The van der Waals surface area contributed by atoms with Crippen molar-refractivity contribution < 1.29 is 19.4 Å². The van der Waals surface area contributed by atoms with Gasteiger partial charge in [-0.2, -0.15) is 0 Å². The lowest BCUT2D eigenvalue weighted by Gasteiger charge is -2.44. The molecular weight excluding hydrogens is 332 g/mol. The third kappa shape index (κ3) is 3.91. The molecule has 0 bridgehead atoms. The van der Waals surface area contributed by atoms with Crippen molar-refractivity contribution in [2.24, 2.45) is 0 Å². The summed E-state index contributed by atoms with van der Waals surface area (Å²) in [6, 6.07) is 7.11. The zero-order valence-corrected chi connectivity index (χ0v) is 15.6. The van der Waals surface area contributed by atoms with E-state index in [4.69, 9.17) is 4.74 Å². The van der Waals surface area contributed by atoms with Gasteiger partial charge in [0.05, 0.1) is 24.3 Å². The summed E-state index contributed by atoms with van der Waals surface area (Å²) in [5, 5.41) is 9.22. The second-order valence-electron chi connectivity index (χ2n) is 7.68. The number of morpholine rings is 1. The van der Waals surface area contributed by atoms with Crippen molar-refractivity contribution >= 4 is 11.9 Å². The Balaban J connectivity index is 1.72. The number of hydrogen-bond donors (Lipinski definition) is 1. The molecule has 0 aliphatic carbocycles. The molecule has 2 fully saturated rings. The van der Waals surface area contributed by atoms with Crippen molar-refractivity contribution in [3.63, 3.8) is 0 Å². The number of carboxylic acid groups (broad SMARTS) is 1. The summed E-state index contributed by atoms with van der Waals surface area (Å²) in [5.41, 5.74) is 0.764. The van der Waals surface area contributed by atoms with Crippen LogP contribution in [0.2, 0.25) is 0 Å². The summed E-state index contributed by atoms with van der Waals surface area (Å²) in [7, 11) is 0. The molecule has 2 aliphatic heterocycles. The van der Waals surface area contributed by atoms with Crippen LogP contribution >= 0.6 is 0 Å². The van der Waals surface area contributed by atoms with Gasteiger partial charge in [0.2, 0.25) is 5.91 Å². The first kappa shape index (κ1) is 18.9. The fourth-order valence-electron chi connectivity index (χ4n) is 4.00. The van der Waals surface area contributed by atoms with Crippen LogP contribution in [0.25, 0.3) is 0 Å². The lowest BCUT2D eigenvalue weighted by atomic mass is 9.88. The monoisotopic (exact) mass is 360 g/mol. The van der Waals surface area contributed by atoms with Gasteiger partial charge in [-0.15, -0.1) is 0 Å². The molecule has 142 valence electrons. The van der Waals surface area contributed by atoms with Crippen molar-refractivity contribution in [3.05, 3.63) is 35.4 Å². The summed E-state index contributed by atoms with van der Waals surface area (Å²) >= 11 is 0. The van der Waals surface area contributed by atoms with Gasteiger partial charge in [-0.25, -0.2) is 4.79 Å². The molecule has 2 saturated heterocycles. The van der Waals surface area contributed by atoms with E-state index in [0.29, 0.717) is 25.3 Å². The Bertz CT molecular complexity index is 668. The highest BCUT2D eigenvalue weighted by atomic mass is 16.5. The predicted molar refractivity (Wildman–Crippen MR) is 98.4 cm³/mol. The van der Waals surface area contributed by atoms with Gasteiger partial charge in [0.1, 0.15) is 0 Å². The molecule has 0 aromatic heterocycles. The molecule has 1 aromatic carbocycles. The number of ether oxygens (including phenoxy) is 1. The molecule has 1 aromatic rings. The Morgan fingerprint density at radius 1 is 1.19 bits per heavy atom. The number of aromatic carboxylic acids is 1. The van der Waals surface area contributed by atoms with E-state index in [1.165, 1.54) is 0 Å². The minimum atomic E-state index is -0.913. The number of carbonyl (C=O) groups is 2. The van der Waals surface area contributed by atoms with Gasteiger partial charge in [-0.1, -0.05) is 12.1 Å². The zero-order valence-electron chi connectivity index (χ0n) is 15.6. The second-order valence-corrected chi connectivity index (χ2v) is 7.68. The third-order valence-electron chi connectivity index (χ3n) is 5.64. The third-order valence-corrected chi connectivity index (χ3v) is 5.64. The van der Waals surface area contributed by atoms with E-state index < -0.39 is 11.5 Å². The summed E-state index contributed by atoms with van der Waals surface area (Å²) < 4.78 is 5.41. The maximum absolute atomic E-state index is 13.2. The molecule has 0 spiro atoms. The molecule has 0 unspecified atom stereocenters. The van der Waals surface area contributed by atoms with E-state index in [-0.39, 0.29) is 11.8 Å². The molecule has 2 heterocycles. The first-order chi connectivity index (χ1) is 12.4. The van der Waals surface area contributed by atoms with E-state index in [2.05, 4.69) is 4.90 Å². The highest BCUT2D eigenvalue weighted by Gasteiger charge is 2.39. The molecule has 26 heavy (non-hydrogen) atoms. The molecule has 1 amide bonds. The molecule has 6 nitrogen and oxygen atoms in total. The summed E-state index contributed by atoms with van der Waals surface area (Å²) in [4.78, 5) is 28.6. The van der Waals surface area contributed by atoms with Crippen LogP contribution in [0.5, 0.6) is 0 Å². The van der Waals surface area contributed by atoms with Gasteiger partial charge in [0.15, 0.2) is 0 Å². The van der Waals surface area contributed by atoms with Crippen LogP contribution in [-0.2, 0) is 9.53 Å². The highest BCUT2D eigenvalue weighted by molar-refractivity contribution is 5.88. The second kappa shape index (κ2) is 7.76. The van der Waals surface area contributed by atoms with E-state index in [0.717, 1.165) is 38.0 Å². The smallest absolute Gasteiger partial charge is 0.335 e. The van der Waals surface area contributed by atoms with Crippen LogP contribution in [0, 0.1) is 0 Å². The van der Waals surface area contributed by atoms with Crippen molar-refractivity contribution in [1.82, 2.24) is 9.80 Å². The number of nitrogens with zero attached hydrogens (tertiary/aromatic N) is 2. The highest BCUT2D eigenvalue weighted by Crippen LogP contribution is 2.30. The Morgan fingerprint density at radius 3 is 2.62 bits per heavy atom. The number of rotatable bonds is 4. The number of hydrogen-bond acceptors (Lipinski definition) is 4. The minimum absolute atomic E-state index is 0.151. The minimum Gasteiger partial charge on any atom is -0.478 e. The summed E-state index contributed by atoms with van der Waals surface area (Å²) in [5.74, 6) is -0.574. The number of carbonyl (C=O) groups excluding carboxylic acids is 1. The van der Waals surface area contributed by atoms with E-state index in [9.17, 15) is 14.7 Å². The van der Waals surface area contributed by atoms with Crippen molar-refractivity contribution in [1.29, 1.82) is 0 Å².